The molecule has 0 aliphatic heterocycles. The van der Waals surface area contributed by atoms with E-state index in [1.54, 1.807) is 55.0 Å². The molecular formula is C27H24InN3O3. The van der Waals surface area contributed by atoms with Crippen LogP contribution in [0.2, 0.25) is 0 Å². The molecule has 0 radical (unpaired) electrons. The van der Waals surface area contributed by atoms with Gasteiger partial charge in [-0.05, 0) is 36.4 Å². The van der Waals surface area contributed by atoms with Crippen LogP contribution < -0.4 is 0 Å². The number of phenols is 3. The zero-order valence-corrected chi connectivity index (χ0v) is 17.6. The fourth-order valence-corrected chi connectivity index (χ4v) is 3.26. The molecular weight excluding hydrogens is 529 g/mol. The Balaban J connectivity index is 0.000000141. The van der Waals surface area contributed by atoms with Crippen molar-refractivity contribution in [2.24, 2.45) is 0 Å². The summed E-state index contributed by atoms with van der Waals surface area (Å²) in [5.41, 5.74) is 1.99. The number of hydrogen-bond donors (Lipinski definition) is 3. The van der Waals surface area contributed by atoms with Crippen molar-refractivity contribution in [2.45, 2.75) is 0 Å². The first-order valence-electron chi connectivity index (χ1n) is 10.2. The van der Waals surface area contributed by atoms with E-state index in [1.165, 1.54) is 0 Å². The second-order valence-corrected chi connectivity index (χ2v) is 7.06. The van der Waals surface area contributed by atoms with Crippen molar-refractivity contribution in [3.63, 3.8) is 0 Å². The van der Waals surface area contributed by atoms with Gasteiger partial charge in [0, 0.05) is 34.7 Å². The third-order valence-corrected chi connectivity index (χ3v) is 4.83. The first-order chi connectivity index (χ1) is 16.1. The summed E-state index contributed by atoms with van der Waals surface area (Å²) in [4.78, 5) is 12.1. The number of para-hydroxylation sites is 3. The van der Waals surface area contributed by atoms with Crippen LogP contribution in [0.4, 0.5) is 0 Å². The van der Waals surface area contributed by atoms with E-state index in [4.69, 9.17) is 0 Å². The number of rotatable bonds is 0. The first kappa shape index (κ1) is 24.8. The molecule has 34 heavy (non-hydrogen) atoms. The zero-order chi connectivity index (χ0) is 23.0. The molecule has 0 aliphatic rings. The molecule has 0 spiro atoms. The summed E-state index contributed by atoms with van der Waals surface area (Å²) in [6.45, 7) is 0. The number of aromatic nitrogens is 3. The molecule has 3 N–H and O–H groups in total. The quantitative estimate of drug-likeness (QED) is 0.254. The van der Waals surface area contributed by atoms with Crippen molar-refractivity contribution < 1.29 is 15.3 Å². The van der Waals surface area contributed by atoms with E-state index < -0.39 is 0 Å². The summed E-state index contributed by atoms with van der Waals surface area (Å²) in [5.74, 6) is 0.717. The number of pyridine rings is 3. The molecule has 0 bridgehead atoms. The fourth-order valence-electron chi connectivity index (χ4n) is 3.26. The van der Waals surface area contributed by atoms with E-state index in [0.29, 0.717) is 16.6 Å². The molecule has 3 aromatic heterocycles. The Morgan fingerprint density at radius 2 is 0.647 bits per heavy atom. The van der Waals surface area contributed by atoms with Crippen LogP contribution in [0.15, 0.2) is 110 Å². The number of aromatic hydroxyl groups is 3. The molecule has 0 unspecified atom stereocenters. The van der Waals surface area contributed by atoms with E-state index in [-0.39, 0.29) is 43.1 Å². The van der Waals surface area contributed by atoms with Gasteiger partial charge >= 0.3 is 25.8 Å². The van der Waals surface area contributed by atoms with Gasteiger partial charge < -0.3 is 15.3 Å². The van der Waals surface area contributed by atoms with Crippen LogP contribution in [0.25, 0.3) is 32.7 Å². The molecule has 0 fully saturated rings. The average Bonchev–Trinajstić information content (AvgIpc) is 2.86. The zero-order valence-electron chi connectivity index (χ0n) is 17.6. The Kier molecular flexibility index (Phi) is 8.65. The minimum atomic E-state index is 0. The van der Waals surface area contributed by atoms with Crippen LogP contribution in [0, 0.1) is 0 Å². The minimum absolute atomic E-state index is 0. The third kappa shape index (κ3) is 5.94. The molecule has 7 heteroatoms. The summed E-state index contributed by atoms with van der Waals surface area (Å²) in [5, 5.41) is 30.8. The normalized spacial score (nSPS) is 9.88. The molecule has 6 rings (SSSR count). The van der Waals surface area contributed by atoms with Crippen molar-refractivity contribution in [1.82, 2.24) is 15.0 Å². The maximum atomic E-state index is 9.31. The molecule has 6 nitrogen and oxygen atoms in total. The van der Waals surface area contributed by atoms with Gasteiger partial charge in [0.25, 0.3) is 0 Å². The van der Waals surface area contributed by atoms with Crippen molar-refractivity contribution in [3.8, 4) is 17.2 Å². The number of benzene rings is 3. The van der Waals surface area contributed by atoms with Gasteiger partial charge in [-0.2, -0.15) is 0 Å². The number of fused-ring (bicyclic) bond motifs is 3. The summed E-state index contributed by atoms with van der Waals surface area (Å²) < 4.78 is 0. The topological polar surface area (TPSA) is 99.4 Å². The van der Waals surface area contributed by atoms with Crippen LogP contribution >= 0.6 is 0 Å². The summed E-state index contributed by atoms with van der Waals surface area (Å²) >= 11 is 0. The Labute approximate surface area is 215 Å². The second-order valence-electron chi connectivity index (χ2n) is 7.06. The molecule has 0 amide bonds. The number of nitrogens with zero attached hydrogens (tertiary/aromatic N) is 3. The summed E-state index contributed by atoms with van der Waals surface area (Å²) in [6, 6.07) is 27.4. The number of phenolic OH excluding ortho intramolecular Hbond substituents is 3. The van der Waals surface area contributed by atoms with Crippen molar-refractivity contribution >= 4 is 58.6 Å². The van der Waals surface area contributed by atoms with Crippen LogP contribution in [-0.2, 0) is 0 Å². The Morgan fingerprint density at radius 3 is 0.912 bits per heavy atom. The van der Waals surface area contributed by atoms with E-state index in [1.807, 2.05) is 54.6 Å². The van der Waals surface area contributed by atoms with E-state index in [9.17, 15) is 15.3 Å². The van der Waals surface area contributed by atoms with Crippen LogP contribution in [0.5, 0.6) is 17.2 Å². The van der Waals surface area contributed by atoms with Gasteiger partial charge in [0.05, 0.1) is 0 Å². The van der Waals surface area contributed by atoms with E-state index >= 15 is 0 Å². The van der Waals surface area contributed by atoms with Crippen LogP contribution in [0.3, 0.4) is 0 Å². The van der Waals surface area contributed by atoms with Crippen molar-refractivity contribution in [2.75, 3.05) is 0 Å². The summed E-state index contributed by atoms with van der Waals surface area (Å²) in [7, 11) is 0. The average molecular weight is 553 g/mol. The molecule has 0 aliphatic carbocycles. The van der Waals surface area contributed by atoms with E-state index in [0.717, 1.165) is 16.2 Å². The molecule has 0 saturated heterocycles. The van der Waals surface area contributed by atoms with Gasteiger partial charge in [-0.15, -0.1) is 0 Å². The predicted molar refractivity (Wildman–Crippen MR) is 140 cm³/mol. The van der Waals surface area contributed by atoms with Gasteiger partial charge in [-0.1, -0.05) is 54.6 Å². The molecule has 6 aromatic rings. The predicted octanol–water partition coefficient (Wildman–Crippen LogP) is 4.64. The molecule has 0 atom stereocenters. The van der Waals surface area contributed by atoms with Crippen LogP contribution in [-0.4, -0.2) is 56.1 Å². The second kappa shape index (κ2) is 11.9. The standard InChI is InChI=1S/3C9H7NO.In.3H/c3*11-8-5-1-3-7-4-2-6-10-9(7)8;;;;/h3*1-6,11H;;;;. The van der Waals surface area contributed by atoms with Gasteiger partial charge in [0.2, 0.25) is 0 Å². The Hall–Kier alpha value is -3.84. The van der Waals surface area contributed by atoms with Gasteiger partial charge in [-0.25, -0.2) is 0 Å². The molecule has 3 aromatic carbocycles. The first-order valence-corrected chi connectivity index (χ1v) is 10.2. The van der Waals surface area contributed by atoms with Crippen molar-refractivity contribution in [1.29, 1.82) is 0 Å². The Morgan fingerprint density at radius 1 is 0.382 bits per heavy atom. The Bertz CT molecular complexity index is 1330. The molecule has 0 saturated carbocycles. The molecule has 168 valence electrons. The van der Waals surface area contributed by atoms with Gasteiger partial charge in [0.15, 0.2) is 0 Å². The fraction of sp³-hybridized carbons (Fsp3) is 0. The van der Waals surface area contributed by atoms with Crippen LogP contribution in [0.1, 0.15) is 0 Å². The maximum absolute atomic E-state index is 9.31. The van der Waals surface area contributed by atoms with Gasteiger partial charge in [0.1, 0.15) is 33.8 Å². The number of hydrogen-bond acceptors (Lipinski definition) is 6. The molecule has 3 heterocycles. The monoisotopic (exact) mass is 553 g/mol. The van der Waals surface area contributed by atoms with Crippen molar-refractivity contribution in [3.05, 3.63) is 110 Å². The van der Waals surface area contributed by atoms with E-state index in [2.05, 4.69) is 15.0 Å². The van der Waals surface area contributed by atoms with Gasteiger partial charge in [-0.3, -0.25) is 15.0 Å². The third-order valence-electron chi connectivity index (χ3n) is 4.83. The summed E-state index contributed by atoms with van der Waals surface area (Å²) in [6.07, 6.45) is 5.01. The SMILES string of the molecule is Oc1cccc2cccnc12.Oc1cccc2cccnc12.Oc1cccc2cccnc12.[InH3].